The highest BCUT2D eigenvalue weighted by Crippen LogP contribution is 2.69. The van der Waals surface area contributed by atoms with E-state index >= 15 is 0 Å². The normalized spacial score (nSPS) is 45.0. The second kappa shape index (κ2) is 25.3. The molecule has 91 heavy (non-hydrogen) atoms. The summed E-state index contributed by atoms with van der Waals surface area (Å²) in [5.41, 5.74) is 4.37. The third-order valence-electron chi connectivity index (χ3n) is 29.6. The van der Waals surface area contributed by atoms with Crippen LogP contribution in [0.3, 0.4) is 0 Å². The maximum atomic E-state index is 11.8. The predicted octanol–water partition coefficient (Wildman–Crippen LogP) is 16.3. The van der Waals surface area contributed by atoms with Gasteiger partial charge < -0.3 is 15.3 Å². The first-order chi connectivity index (χ1) is 42.7. The van der Waals surface area contributed by atoms with Crippen LogP contribution in [0.4, 0.5) is 0 Å². The van der Waals surface area contributed by atoms with Crippen molar-refractivity contribution in [1.29, 1.82) is 5.26 Å². The quantitative estimate of drug-likeness (QED) is 0.167. The SMILES string of the molecule is C.C=C(Cn1cc(C#N)cn1)[C@H]1CC[C@H]2[C@@H]3CC[C@H]4C[C@](C)(O)CC[C@@H]4[C@H]3CC[C@]12C.C=C(Cn1cc(S(C)(=O)=O)cn1)[C@H]1CC[C@H]2[C@@H]3CC[C@H]4C[C@](C)(O)CC[C@@H]4[C@H]3CC[C@]12C.C=C(Cn1cccn1)[C@H]1CC[C@H]2[C@@H]3CC[C@H]4C[C@](C)(O)CC[C@@H]4[C@H]3CC[C@]12C. The number of fused-ring (bicyclic) bond motifs is 15. The lowest BCUT2D eigenvalue weighted by Crippen LogP contribution is -2.50. The minimum atomic E-state index is -3.23. The summed E-state index contributed by atoms with van der Waals surface area (Å²) in [6.45, 7) is 29.6. The fraction of sp³-hybridized carbons (Fsp3) is 0.795. The van der Waals surface area contributed by atoms with E-state index in [4.69, 9.17) is 5.26 Å². The number of allylic oxidation sites excluding steroid dienone is 3. The third-order valence-corrected chi connectivity index (χ3v) is 30.7. The molecule has 3 aromatic rings. The number of aliphatic hydroxyl groups is 3. The smallest absolute Gasteiger partial charge is 0.178 e. The average molecular weight is 1270 g/mol. The molecule has 502 valence electrons. The Kier molecular flexibility index (Phi) is 18.7. The Labute approximate surface area is 549 Å². The number of hydrogen-bond acceptors (Lipinski definition) is 9. The Morgan fingerprint density at radius 2 is 0.857 bits per heavy atom. The second-order valence-corrected chi connectivity index (χ2v) is 36.9. The van der Waals surface area contributed by atoms with Crippen molar-refractivity contribution in [2.45, 2.75) is 264 Å². The standard InChI is InChI=1S/C26H37N3O.C26H40N2O3S.C25H38N2O.CH4/c1-17(15-29-16-18(13-27)14-28-29)23-6-7-24-22-5-4-19-12-25(2,30)10-8-20(19)21(22)9-11-26(23,24)3;1-17(15-28-16-19(14-27-28)32(4,30)31)23-7-8-24-22-6-5-18-13-25(2,29)11-9-20(18)21(22)10-12-26(23,24)3;1-17(16-27-14-4-13-26-27)22-7-8-23-21-6-5-18-15-24(2,28)11-9-19(18)20(21)10-12-25(22,23)3;/h14,16,19-24,30H,1,4-12,15H2,2-3H3;14,16,18,20-24,29H,1,5-13,15H2,2-4H3;4,13-14,18-23,28H,1,5-12,15-16H2,2-3H3;1H4/t19-,20-,21+,22+,23+,24-,25+,26+;18-,20-,21+,22+,23+,24-,25+,26+;18-,19-,20+,21+,22+,23-,24+,25+;/m000./s1. The molecule has 12 fully saturated rings. The molecular weight excluding hydrogens is 1150 g/mol. The second-order valence-electron chi connectivity index (χ2n) is 34.9. The van der Waals surface area contributed by atoms with E-state index in [1.807, 2.05) is 34.7 Å². The Balaban J connectivity index is 0.000000131. The largest absolute Gasteiger partial charge is 0.390 e. The molecule has 0 aromatic carbocycles. The van der Waals surface area contributed by atoms with Crippen molar-refractivity contribution >= 4 is 9.84 Å². The molecule has 12 aliphatic rings. The Morgan fingerprint density at radius 3 is 1.20 bits per heavy atom. The summed E-state index contributed by atoms with van der Waals surface area (Å²) in [5.74, 6) is 14.3. The van der Waals surface area contributed by atoms with E-state index in [0.29, 0.717) is 46.1 Å². The minimum Gasteiger partial charge on any atom is -0.390 e. The molecule has 3 aromatic heterocycles. The highest BCUT2D eigenvalue weighted by molar-refractivity contribution is 7.90. The van der Waals surface area contributed by atoms with Gasteiger partial charge in [0.05, 0.1) is 54.4 Å². The number of nitrogens with zero attached hydrogens (tertiary/aromatic N) is 7. The van der Waals surface area contributed by atoms with E-state index in [1.54, 1.807) is 17.1 Å². The van der Waals surface area contributed by atoms with Gasteiger partial charge in [-0.1, -0.05) is 64.7 Å². The average Bonchev–Trinajstić information content (AvgIpc) is 1.68. The predicted molar refractivity (Wildman–Crippen MR) is 362 cm³/mol. The molecule has 3 heterocycles. The number of nitriles is 1. The van der Waals surface area contributed by atoms with Gasteiger partial charge in [-0.25, -0.2) is 8.42 Å². The van der Waals surface area contributed by atoms with Gasteiger partial charge in [-0.05, 0) is 323 Å². The maximum Gasteiger partial charge on any atom is 0.178 e. The summed E-state index contributed by atoms with van der Waals surface area (Å²) in [6, 6.07) is 4.18. The number of sulfone groups is 1. The topological polar surface area (TPSA) is 172 Å². The van der Waals surface area contributed by atoms with Crippen LogP contribution in [-0.4, -0.2) is 76.1 Å². The van der Waals surface area contributed by atoms with E-state index in [2.05, 4.69) is 81.9 Å². The molecule has 0 unspecified atom stereocenters. The van der Waals surface area contributed by atoms with Crippen molar-refractivity contribution in [3.8, 4) is 6.07 Å². The lowest BCUT2D eigenvalue weighted by atomic mass is 9.49. The van der Waals surface area contributed by atoms with E-state index in [-0.39, 0.29) is 12.3 Å². The van der Waals surface area contributed by atoms with Crippen molar-refractivity contribution in [3.63, 3.8) is 0 Å². The zero-order valence-electron chi connectivity index (χ0n) is 56.5. The van der Waals surface area contributed by atoms with E-state index < -0.39 is 26.6 Å². The van der Waals surface area contributed by atoms with Gasteiger partial charge in [0.25, 0.3) is 0 Å². The van der Waals surface area contributed by atoms with Crippen LogP contribution in [0.15, 0.2) is 84.6 Å². The zero-order chi connectivity index (χ0) is 63.5. The molecule has 0 aliphatic heterocycles. The highest BCUT2D eigenvalue weighted by atomic mass is 32.2. The number of hydrogen-bond donors (Lipinski definition) is 3. The summed E-state index contributed by atoms with van der Waals surface area (Å²) < 4.78 is 29.3. The summed E-state index contributed by atoms with van der Waals surface area (Å²) >= 11 is 0. The summed E-state index contributed by atoms with van der Waals surface area (Å²) in [6.07, 6.45) is 45.5. The Bertz CT molecular complexity index is 3260. The number of rotatable bonds is 10. The van der Waals surface area contributed by atoms with Crippen LogP contribution >= 0.6 is 0 Å². The summed E-state index contributed by atoms with van der Waals surface area (Å²) in [7, 11) is -3.23. The van der Waals surface area contributed by atoms with Crippen molar-refractivity contribution < 1.29 is 23.7 Å². The molecule has 0 bridgehead atoms. The maximum absolute atomic E-state index is 11.8. The molecule has 0 spiro atoms. The third kappa shape index (κ3) is 12.8. The van der Waals surface area contributed by atoms with Gasteiger partial charge >= 0.3 is 0 Å². The van der Waals surface area contributed by atoms with Gasteiger partial charge in [0.2, 0.25) is 0 Å². The fourth-order valence-electron chi connectivity index (χ4n) is 25.7. The molecule has 0 radical (unpaired) electrons. The molecule has 12 saturated carbocycles. The van der Waals surface area contributed by atoms with Gasteiger partial charge in [-0.3, -0.25) is 14.0 Å². The molecule has 12 nitrogen and oxygen atoms in total. The van der Waals surface area contributed by atoms with Crippen LogP contribution in [0, 0.1) is 134 Å². The first-order valence-electron chi connectivity index (χ1n) is 36.5. The molecule has 15 rings (SSSR count). The molecule has 13 heteroatoms. The fourth-order valence-corrected chi connectivity index (χ4v) is 26.3. The van der Waals surface area contributed by atoms with Crippen molar-refractivity contribution in [1.82, 2.24) is 29.3 Å². The molecule has 0 amide bonds. The van der Waals surface area contributed by atoms with Crippen LogP contribution in [-0.2, 0) is 29.5 Å². The number of aromatic nitrogens is 6. The van der Waals surface area contributed by atoms with E-state index in [9.17, 15) is 23.7 Å². The zero-order valence-corrected chi connectivity index (χ0v) is 57.3. The van der Waals surface area contributed by atoms with Crippen LogP contribution in [0.5, 0.6) is 0 Å². The van der Waals surface area contributed by atoms with Gasteiger partial charge in [0, 0.05) is 31.0 Å². The first kappa shape index (κ1) is 67.2. The Hall–Kier alpha value is -3.83. The van der Waals surface area contributed by atoms with E-state index in [0.717, 1.165) is 140 Å². The lowest BCUT2D eigenvalue weighted by molar-refractivity contribution is -0.0980. The monoisotopic (exact) mass is 1270 g/mol. The molecule has 3 N–H and O–H groups in total. The first-order valence-corrected chi connectivity index (χ1v) is 38.4. The summed E-state index contributed by atoms with van der Waals surface area (Å²) in [5, 5.41) is 53.9. The molecule has 12 aliphatic carbocycles. The van der Waals surface area contributed by atoms with Crippen LogP contribution in [0.1, 0.15) is 228 Å². The van der Waals surface area contributed by atoms with Gasteiger partial charge in [-0.15, -0.1) is 0 Å². The van der Waals surface area contributed by atoms with Crippen molar-refractivity contribution in [3.05, 3.63) is 85.3 Å². The minimum absolute atomic E-state index is 0. The highest BCUT2D eigenvalue weighted by Gasteiger charge is 2.61. The lowest BCUT2D eigenvalue weighted by Gasteiger charge is -2.57. The van der Waals surface area contributed by atoms with Crippen LogP contribution in [0.2, 0.25) is 0 Å². The van der Waals surface area contributed by atoms with Crippen molar-refractivity contribution in [2.75, 3.05) is 6.26 Å². The Morgan fingerprint density at radius 1 is 0.495 bits per heavy atom. The van der Waals surface area contributed by atoms with Gasteiger partial charge in [-0.2, -0.15) is 20.6 Å². The van der Waals surface area contributed by atoms with Crippen molar-refractivity contribution in [2.24, 2.45) is 123 Å². The molecule has 0 saturated heterocycles. The summed E-state index contributed by atoms with van der Waals surface area (Å²) in [4.78, 5) is 0.282. The van der Waals surface area contributed by atoms with E-state index in [1.165, 1.54) is 164 Å². The molecular formula is C78H119N7O5S. The van der Waals surface area contributed by atoms with Crippen LogP contribution < -0.4 is 0 Å². The molecule has 24 atom stereocenters. The van der Waals surface area contributed by atoms with Gasteiger partial charge in [0.15, 0.2) is 9.84 Å². The van der Waals surface area contributed by atoms with Crippen LogP contribution in [0.25, 0.3) is 0 Å². The van der Waals surface area contributed by atoms with Gasteiger partial charge in [0.1, 0.15) is 11.0 Å².